The molecular formula is C21H22N4O4. The summed E-state index contributed by atoms with van der Waals surface area (Å²) in [5.74, 6) is -1.64. The van der Waals surface area contributed by atoms with Crippen LogP contribution >= 0.6 is 0 Å². The molecule has 0 bridgehead atoms. The summed E-state index contributed by atoms with van der Waals surface area (Å²) in [5.41, 5.74) is 8.71. The van der Waals surface area contributed by atoms with E-state index < -0.39 is 24.0 Å². The zero-order valence-corrected chi connectivity index (χ0v) is 15.6. The number of nitrogens with zero attached hydrogens (tertiary/aromatic N) is 1. The van der Waals surface area contributed by atoms with Crippen molar-refractivity contribution < 1.29 is 19.8 Å². The topological polar surface area (TPSA) is 141 Å². The lowest BCUT2D eigenvalue weighted by molar-refractivity contribution is -0.147. The van der Waals surface area contributed by atoms with Crippen LogP contribution in [-0.2, 0) is 11.2 Å². The number of amides is 1. The van der Waals surface area contributed by atoms with Crippen LogP contribution in [0, 0.1) is 0 Å². The van der Waals surface area contributed by atoms with Crippen molar-refractivity contribution in [3.05, 3.63) is 71.9 Å². The minimum Gasteiger partial charge on any atom is -0.479 e. The maximum atomic E-state index is 12.4. The summed E-state index contributed by atoms with van der Waals surface area (Å²) in [4.78, 5) is 23.4. The highest BCUT2D eigenvalue weighted by Crippen LogP contribution is 2.20. The fourth-order valence-electron chi connectivity index (χ4n) is 3.03. The van der Waals surface area contributed by atoms with Crippen LogP contribution in [0.3, 0.4) is 0 Å². The molecule has 2 aromatic carbocycles. The molecule has 1 unspecified atom stereocenters. The van der Waals surface area contributed by atoms with Crippen LogP contribution in [0.4, 0.5) is 5.82 Å². The third-order valence-electron chi connectivity index (χ3n) is 4.51. The quantitative estimate of drug-likeness (QED) is 0.395. The minimum absolute atomic E-state index is 0.134. The summed E-state index contributed by atoms with van der Waals surface area (Å²) in [7, 11) is 0. The Morgan fingerprint density at radius 3 is 2.31 bits per heavy atom. The maximum absolute atomic E-state index is 12.4. The van der Waals surface area contributed by atoms with Crippen molar-refractivity contribution in [1.82, 2.24) is 15.5 Å². The van der Waals surface area contributed by atoms with E-state index in [-0.39, 0.29) is 17.9 Å². The largest absolute Gasteiger partial charge is 0.479 e. The van der Waals surface area contributed by atoms with E-state index in [1.807, 2.05) is 54.6 Å². The predicted molar refractivity (Wildman–Crippen MR) is 108 cm³/mol. The number of nitrogens with one attached hydrogen (secondary N) is 2. The first-order chi connectivity index (χ1) is 13.9. The highest BCUT2D eigenvalue weighted by atomic mass is 16.4. The first-order valence-electron chi connectivity index (χ1n) is 9.09. The molecule has 3 rings (SSSR count). The molecule has 0 fully saturated rings. The van der Waals surface area contributed by atoms with Gasteiger partial charge in [0, 0.05) is 18.5 Å². The number of H-pyrrole nitrogens is 1. The number of aliphatic hydroxyl groups excluding tert-OH is 1. The molecule has 8 nitrogen and oxygen atoms in total. The van der Waals surface area contributed by atoms with Crippen LogP contribution < -0.4 is 11.1 Å². The van der Waals surface area contributed by atoms with Crippen molar-refractivity contribution >= 4 is 17.7 Å². The second-order valence-corrected chi connectivity index (χ2v) is 6.73. The Morgan fingerprint density at radius 1 is 1.07 bits per heavy atom. The number of rotatable bonds is 8. The first-order valence-corrected chi connectivity index (χ1v) is 9.09. The van der Waals surface area contributed by atoms with Gasteiger partial charge in [0.15, 0.2) is 6.10 Å². The Balaban J connectivity index is 1.73. The third kappa shape index (κ3) is 5.43. The van der Waals surface area contributed by atoms with Crippen LogP contribution in [0.25, 0.3) is 11.1 Å². The number of aromatic amines is 1. The summed E-state index contributed by atoms with van der Waals surface area (Å²) in [6, 6.07) is 18.5. The summed E-state index contributed by atoms with van der Waals surface area (Å²) in [6.07, 6.45) is -1.37. The van der Waals surface area contributed by atoms with Crippen molar-refractivity contribution in [2.24, 2.45) is 0 Å². The van der Waals surface area contributed by atoms with Crippen molar-refractivity contribution in [2.45, 2.75) is 25.0 Å². The van der Waals surface area contributed by atoms with Gasteiger partial charge in [-0.15, -0.1) is 0 Å². The molecule has 29 heavy (non-hydrogen) atoms. The number of hydrogen-bond acceptors (Lipinski definition) is 5. The Morgan fingerprint density at radius 2 is 1.72 bits per heavy atom. The number of aromatic nitrogens is 2. The van der Waals surface area contributed by atoms with Crippen molar-refractivity contribution in [3.8, 4) is 11.1 Å². The lowest BCUT2D eigenvalue weighted by atomic mass is 9.97. The predicted octanol–water partition coefficient (Wildman–Crippen LogP) is 1.84. The summed E-state index contributed by atoms with van der Waals surface area (Å²) >= 11 is 0. The molecule has 0 saturated heterocycles. The van der Waals surface area contributed by atoms with E-state index in [0.717, 1.165) is 16.7 Å². The van der Waals surface area contributed by atoms with E-state index >= 15 is 0 Å². The molecule has 6 N–H and O–H groups in total. The fourth-order valence-corrected chi connectivity index (χ4v) is 3.03. The molecule has 0 saturated carbocycles. The molecule has 1 heterocycles. The fraction of sp³-hybridized carbons (Fsp3) is 0.190. The summed E-state index contributed by atoms with van der Waals surface area (Å²) in [5, 5.41) is 27.7. The molecule has 150 valence electrons. The van der Waals surface area contributed by atoms with Gasteiger partial charge in [-0.3, -0.25) is 9.89 Å². The molecule has 1 aromatic heterocycles. The van der Waals surface area contributed by atoms with Gasteiger partial charge >= 0.3 is 5.97 Å². The van der Waals surface area contributed by atoms with Crippen LogP contribution in [-0.4, -0.2) is 44.4 Å². The van der Waals surface area contributed by atoms with E-state index in [2.05, 4.69) is 15.5 Å². The zero-order valence-electron chi connectivity index (χ0n) is 15.6. The number of carbonyl (C=O) groups is 2. The molecule has 1 amide bonds. The number of aliphatic carboxylic acids is 1. The third-order valence-corrected chi connectivity index (χ3v) is 4.51. The number of nitrogen functional groups attached to an aromatic ring is 1. The van der Waals surface area contributed by atoms with Crippen LogP contribution in [0.5, 0.6) is 0 Å². The van der Waals surface area contributed by atoms with Gasteiger partial charge in [-0.25, -0.2) is 4.79 Å². The number of nitrogens with two attached hydrogens (primary N) is 1. The first kappa shape index (κ1) is 20.1. The molecule has 0 aliphatic heterocycles. The smallest absolute Gasteiger partial charge is 0.332 e. The molecule has 0 aliphatic rings. The second-order valence-electron chi connectivity index (χ2n) is 6.73. The normalized spacial score (nSPS) is 12.9. The van der Waals surface area contributed by atoms with E-state index in [9.17, 15) is 14.7 Å². The Kier molecular flexibility index (Phi) is 6.25. The average Bonchev–Trinajstić information content (AvgIpc) is 3.15. The SMILES string of the molecule is Nc1cc(C(=O)NC(Cc2ccc(-c3ccccc3)cc2)C[C@@H](O)C(=O)O)[nH]n1. The van der Waals surface area contributed by atoms with E-state index in [0.29, 0.717) is 6.42 Å². The summed E-state index contributed by atoms with van der Waals surface area (Å²) < 4.78 is 0. The zero-order chi connectivity index (χ0) is 20.8. The lowest BCUT2D eigenvalue weighted by Gasteiger charge is -2.20. The van der Waals surface area contributed by atoms with Gasteiger partial charge in [0.25, 0.3) is 5.91 Å². The Bertz CT molecular complexity index is 970. The average molecular weight is 394 g/mol. The van der Waals surface area contributed by atoms with Crippen molar-refractivity contribution in [1.29, 1.82) is 0 Å². The van der Waals surface area contributed by atoms with E-state index in [4.69, 9.17) is 10.8 Å². The van der Waals surface area contributed by atoms with Gasteiger partial charge in [-0.2, -0.15) is 5.10 Å². The number of benzene rings is 2. The van der Waals surface area contributed by atoms with Crippen molar-refractivity contribution in [3.63, 3.8) is 0 Å². The molecule has 0 radical (unpaired) electrons. The maximum Gasteiger partial charge on any atom is 0.332 e. The molecule has 3 aromatic rings. The van der Waals surface area contributed by atoms with Crippen LogP contribution in [0.15, 0.2) is 60.7 Å². The second kappa shape index (κ2) is 9.03. The van der Waals surface area contributed by atoms with Crippen molar-refractivity contribution in [2.75, 3.05) is 5.73 Å². The standard InChI is InChI=1S/C21H22N4O4/c22-19-12-17(24-25-19)20(27)23-16(11-18(26)21(28)29)10-13-6-8-15(9-7-13)14-4-2-1-3-5-14/h1-9,12,16,18,26H,10-11H2,(H,23,27)(H,28,29)(H3,22,24,25)/t16?,18-/m1/s1. The minimum atomic E-state index is -1.59. The molecule has 0 aliphatic carbocycles. The van der Waals surface area contributed by atoms with Gasteiger partial charge in [0.1, 0.15) is 11.5 Å². The van der Waals surface area contributed by atoms with E-state index in [1.54, 1.807) is 0 Å². The van der Waals surface area contributed by atoms with Gasteiger partial charge in [0.2, 0.25) is 0 Å². The molecule has 0 spiro atoms. The molecular weight excluding hydrogens is 372 g/mol. The van der Waals surface area contributed by atoms with Gasteiger partial charge < -0.3 is 21.3 Å². The summed E-state index contributed by atoms with van der Waals surface area (Å²) in [6.45, 7) is 0. The Hall–Kier alpha value is -3.65. The van der Waals surface area contributed by atoms with Crippen LogP contribution in [0.2, 0.25) is 0 Å². The highest BCUT2D eigenvalue weighted by molar-refractivity contribution is 5.93. The Labute approximate surface area is 167 Å². The van der Waals surface area contributed by atoms with Gasteiger partial charge in [-0.1, -0.05) is 54.6 Å². The van der Waals surface area contributed by atoms with Gasteiger partial charge in [0.05, 0.1) is 0 Å². The van der Waals surface area contributed by atoms with Crippen LogP contribution in [0.1, 0.15) is 22.5 Å². The number of carboxylic acids is 1. The van der Waals surface area contributed by atoms with E-state index in [1.165, 1.54) is 6.07 Å². The number of carboxylic acid groups (broad SMARTS) is 1. The molecule has 8 heteroatoms. The number of carbonyl (C=O) groups excluding carboxylic acids is 1. The number of anilines is 1. The lowest BCUT2D eigenvalue weighted by Crippen LogP contribution is -2.40. The number of aliphatic hydroxyl groups is 1. The van der Waals surface area contributed by atoms with Gasteiger partial charge in [-0.05, 0) is 23.1 Å². The molecule has 2 atom stereocenters. The monoisotopic (exact) mass is 394 g/mol. The highest BCUT2D eigenvalue weighted by Gasteiger charge is 2.23. The number of hydrogen-bond donors (Lipinski definition) is 5.